The van der Waals surface area contributed by atoms with Crippen molar-refractivity contribution >= 4 is 35.3 Å². The van der Waals surface area contributed by atoms with Gasteiger partial charge in [0, 0.05) is 32.3 Å². The summed E-state index contributed by atoms with van der Waals surface area (Å²) in [6, 6.07) is 11.5. The Morgan fingerprint density at radius 1 is 1.06 bits per heavy atom. The Labute approximate surface area is 203 Å². The molecule has 0 N–H and O–H groups in total. The maximum Gasteiger partial charge on any atom is 0.410 e. The Bertz CT molecular complexity index is 1060. The first-order chi connectivity index (χ1) is 16.5. The third kappa shape index (κ3) is 4.73. The zero-order valence-corrected chi connectivity index (χ0v) is 19.9. The first-order valence-corrected chi connectivity index (χ1v) is 12.7. The van der Waals surface area contributed by atoms with E-state index in [9.17, 15) is 14.4 Å². The van der Waals surface area contributed by atoms with Crippen LogP contribution in [-0.2, 0) is 14.3 Å². The van der Waals surface area contributed by atoms with Gasteiger partial charge in [-0.05, 0) is 58.7 Å². The van der Waals surface area contributed by atoms with Gasteiger partial charge in [-0.2, -0.15) is 11.3 Å². The van der Waals surface area contributed by atoms with Gasteiger partial charge >= 0.3 is 6.09 Å². The highest BCUT2D eigenvalue weighted by Gasteiger charge is 2.44. The van der Waals surface area contributed by atoms with Gasteiger partial charge in [-0.15, -0.1) is 0 Å². The highest BCUT2D eigenvalue weighted by atomic mass is 32.1. The summed E-state index contributed by atoms with van der Waals surface area (Å²) in [6.45, 7) is 3.12. The maximum absolute atomic E-state index is 13.1. The van der Waals surface area contributed by atoms with Crippen LogP contribution in [0.5, 0.6) is 0 Å². The minimum Gasteiger partial charge on any atom is -0.447 e. The van der Waals surface area contributed by atoms with Crippen molar-refractivity contribution in [1.82, 2.24) is 14.7 Å². The zero-order chi connectivity index (χ0) is 23.5. The second-order valence-corrected chi connectivity index (χ2v) is 10.2. The van der Waals surface area contributed by atoms with Crippen molar-refractivity contribution in [3.8, 4) is 0 Å². The molecule has 0 radical (unpaired) electrons. The van der Waals surface area contributed by atoms with Crippen LogP contribution in [0.1, 0.15) is 36.4 Å². The monoisotopic (exact) mass is 479 g/mol. The Hall–Kier alpha value is -3.13. The number of rotatable bonds is 5. The molecule has 4 heterocycles. The summed E-state index contributed by atoms with van der Waals surface area (Å²) >= 11 is 1.61. The van der Waals surface area contributed by atoms with E-state index in [4.69, 9.17) is 4.74 Å². The number of ether oxygens (including phenoxy) is 1. The largest absolute Gasteiger partial charge is 0.447 e. The first-order valence-electron chi connectivity index (χ1n) is 11.8. The minimum absolute atomic E-state index is 0.0335. The molecule has 1 spiro atoms. The number of hydrogen-bond acceptors (Lipinski definition) is 5. The fourth-order valence-electron chi connectivity index (χ4n) is 5.22. The van der Waals surface area contributed by atoms with Gasteiger partial charge in [0.05, 0.1) is 6.04 Å². The van der Waals surface area contributed by atoms with E-state index in [0.29, 0.717) is 26.2 Å². The molecule has 34 heavy (non-hydrogen) atoms. The molecular formula is C26H29N3O4S. The molecule has 0 saturated carbocycles. The molecule has 2 aromatic rings. The van der Waals surface area contributed by atoms with Gasteiger partial charge in [0.1, 0.15) is 13.2 Å². The third-order valence-corrected chi connectivity index (χ3v) is 8.06. The molecule has 3 saturated heterocycles. The summed E-state index contributed by atoms with van der Waals surface area (Å²) in [5.74, 6) is 0.0142. The fourth-order valence-corrected chi connectivity index (χ4v) is 5.85. The molecule has 3 aliphatic rings. The third-order valence-electron chi connectivity index (χ3n) is 7.35. The predicted molar refractivity (Wildman–Crippen MR) is 130 cm³/mol. The molecule has 0 bridgehead atoms. The second kappa shape index (κ2) is 9.62. The maximum atomic E-state index is 13.1. The molecular weight excluding hydrogens is 450 g/mol. The topological polar surface area (TPSA) is 70.2 Å². The molecule has 8 heteroatoms. The molecule has 3 aliphatic heterocycles. The van der Waals surface area contributed by atoms with Crippen molar-refractivity contribution in [1.29, 1.82) is 0 Å². The number of cyclic esters (lactones) is 1. The van der Waals surface area contributed by atoms with E-state index in [1.165, 1.54) is 0 Å². The van der Waals surface area contributed by atoms with Crippen molar-refractivity contribution < 1.29 is 19.1 Å². The van der Waals surface area contributed by atoms with Crippen molar-refractivity contribution in [3.63, 3.8) is 0 Å². The summed E-state index contributed by atoms with van der Waals surface area (Å²) < 4.78 is 5.26. The van der Waals surface area contributed by atoms with Crippen LogP contribution >= 0.6 is 11.3 Å². The molecule has 178 valence electrons. The van der Waals surface area contributed by atoms with Gasteiger partial charge in [0.2, 0.25) is 11.8 Å². The predicted octanol–water partition coefficient (Wildman–Crippen LogP) is 3.80. The normalized spacial score (nSPS) is 22.1. The molecule has 0 aliphatic carbocycles. The van der Waals surface area contributed by atoms with Crippen LogP contribution in [0.15, 0.2) is 53.2 Å². The minimum atomic E-state index is -0.432. The van der Waals surface area contributed by atoms with E-state index < -0.39 is 6.09 Å². The Morgan fingerprint density at radius 2 is 1.79 bits per heavy atom. The zero-order valence-electron chi connectivity index (χ0n) is 19.1. The van der Waals surface area contributed by atoms with Crippen LogP contribution in [0.25, 0.3) is 6.08 Å². The number of hydrogen-bond donors (Lipinski definition) is 0. The van der Waals surface area contributed by atoms with E-state index >= 15 is 0 Å². The molecule has 1 aromatic heterocycles. The lowest BCUT2D eigenvalue weighted by atomic mass is 9.78. The smallest absolute Gasteiger partial charge is 0.410 e. The number of thiophene rings is 1. The number of piperidine rings is 1. The summed E-state index contributed by atoms with van der Waals surface area (Å²) in [7, 11) is 0. The van der Waals surface area contributed by atoms with Crippen molar-refractivity contribution in [2.24, 2.45) is 5.41 Å². The summed E-state index contributed by atoms with van der Waals surface area (Å²) in [6.07, 6.45) is 5.82. The fraction of sp³-hybridized carbons (Fsp3) is 0.423. The van der Waals surface area contributed by atoms with E-state index in [2.05, 4.69) is 0 Å². The molecule has 7 nitrogen and oxygen atoms in total. The summed E-state index contributed by atoms with van der Waals surface area (Å²) in [5, 5.41) is 4.01. The summed E-state index contributed by atoms with van der Waals surface area (Å²) in [5.41, 5.74) is 2.09. The number of amides is 3. The Kier molecular flexibility index (Phi) is 6.41. The van der Waals surface area contributed by atoms with Crippen LogP contribution < -0.4 is 0 Å². The lowest BCUT2D eigenvalue weighted by Crippen LogP contribution is -2.45. The average molecular weight is 480 g/mol. The van der Waals surface area contributed by atoms with E-state index in [-0.39, 0.29) is 36.4 Å². The lowest BCUT2D eigenvalue weighted by molar-refractivity contribution is -0.132. The van der Waals surface area contributed by atoms with Crippen molar-refractivity contribution in [2.45, 2.75) is 25.3 Å². The standard InChI is InChI=1S/C26H29N3O4S/c30-23(7-6-20-8-15-34-18-20)27-12-9-26(10-13-27)11-14-28(19-26)24(31)16-29-22(17-33-25(29)32)21-4-2-1-3-5-21/h1-8,15,18,22H,9-14,16-17,19H2/b7-6+/t22-/m1/s1. The van der Waals surface area contributed by atoms with Gasteiger partial charge in [-0.1, -0.05) is 30.3 Å². The molecule has 3 fully saturated rings. The first kappa shape index (κ1) is 22.7. The van der Waals surface area contributed by atoms with Crippen LogP contribution in [0.3, 0.4) is 0 Å². The Balaban J connectivity index is 1.15. The van der Waals surface area contributed by atoms with Crippen LogP contribution in [0.2, 0.25) is 0 Å². The molecule has 1 aromatic carbocycles. The molecule has 1 atom stereocenters. The number of benzene rings is 1. The average Bonchev–Trinajstić information content (AvgIpc) is 3.60. The van der Waals surface area contributed by atoms with E-state index in [1.807, 2.05) is 63.0 Å². The van der Waals surface area contributed by atoms with Crippen LogP contribution in [0.4, 0.5) is 4.79 Å². The van der Waals surface area contributed by atoms with Crippen molar-refractivity contribution in [2.75, 3.05) is 39.3 Å². The lowest BCUT2D eigenvalue weighted by Gasteiger charge is -2.39. The SMILES string of the molecule is O=C(/C=C/c1ccsc1)N1CCC2(CC1)CCN(C(=O)CN1C(=O)OC[C@@H]1c1ccccc1)C2. The number of nitrogens with zero attached hydrogens (tertiary/aromatic N) is 3. The van der Waals surface area contributed by atoms with E-state index in [1.54, 1.807) is 22.3 Å². The molecule has 3 amide bonds. The van der Waals surface area contributed by atoms with E-state index in [0.717, 1.165) is 30.4 Å². The second-order valence-electron chi connectivity index (χ2n) is 9.41. The van der Waals surface area contributed by atoms with Gasteiger partial charge in [-0.3, -0.25) is 14.5 Å². The van der Waals surface area contributed by atoms with Crippen LogP contribution in [0, 0.1) is 5.41 Å². The van der Waals surface area contributed by atoms with Crippen molar-refractivity contribution in [3.05, 3.63) is 64.4 Å². The van der Waals surface area contributed by atoms with Gasteiger partial charge in [-0.25, -0.2) is 4.79 Å². The highest BCUT2D eigenvalue weighted by Crippen LogP contribution is 2.40. The number of likely N-dealkylation sites (tertiary alicyclic amines) is 2. The van der Waals surface area contributed by atoms with Gasteiger partial charge < -0.3 is 14.5 Å². The molecule has 0 unspecified atom stereocenters. The number of carbonyl (C=O) groups is 3. The van der Waals surface area contributed by atoms with Gasteiger partial charge in [0.15, 0.2) is 0 Å². The number of carbonyl (C=O) groups excluding carboxylic acids is 3. The summed E-state index contributed by atoms with van der Waals surface area (Å²) in [4.78, 5) is 43.4. The highest BCUT2D eigenvalue weighted by molar-refractivity contribution is 7.08. The van der Waals surface area contributed by atoms with Gasteiger partial charge in [0.25, 0.3) is 0 Å². The Morgan fingerprint density at radius 3 is 2.50 bits per heavy atom. The molecule has 5 rings (SSSR count). The quantitative estimate of drug-likeness (QED) is 0.612. The van der Waals surface area contributed by atoms with Crippen LogP contribution in [-0.4, -0.2) is 71.9 Å².